The first kappa shape index (κ1) is 21.9. The number of hydrogen-bond donors (Lipinski definition) is 1. The highest BCUT2D eigenvalue weighted by Crippen LogP contribution is 2.25. The molecule has 4 rings (SSSR count). The Hall–Kier alpha value is -2.28. The van der Waals surface area contributed by atoms with Crippen LogP contribution in [-0.4, -0.2) is 53.6 Å². The Morgan fingerprint density at radius 1 is 1.06 bits per heavy atom. The summed E-state index contributed by atoms with van der Waals surface area (Å²) >= 11 is 1.99. The van der Waals surface area contributed by atoms with Gasteiger partial charge in [0.25, 0.3) is 0 Å². The van der Waals surface area contributed by atoms with Crippen LogP contribution in [0.15, 0.2) is 36.7 Å². The maximum atomic E-state index is 12.8. The average molecular weight is 440 g/mol. The van der Waals surface area contributed by atoms with Crippen molar-refractivity contribution in [2.24, 2.45) is 5.92 Å². The zero-order valence-corrected chi connectivity index (χ0v) is 19.4. The van der Waals surface area contributed by atoms with E-state index in [-0.39, 0.29) is 17.9 Å². The SMILES string of the molecule is CCc1ccc(C(C)NC(=O)C2CCN(c3cnc(N4CCSCC4)nc3)CC2)cc1. The highest BCUT2D eigenvalue weighted by molar-refractivity contribution is 7.99. The molecule has 1 aromatic carbocycles. The maximum absolute atomic E-state index is 12.8. The maximum Gasteiger partial charge on any atom is 0.225 e. The number of nitrogens with one attached hydrogen (secondary N) is 1. The number of carbonyl (C=O) groups excluding carboxylic acids is 1. The number of amides is 1. The van der Waals surface area contributed by atoms with E-state index in [9.17, 15) is 4.79 Å². The molecule has 2 aliphatic rings. The van der Waals surface area contributed by atoms with Crippen LogP contribution in [0.1, 0.15) is 43.9 Å². The van der Waals surface area contributed by atoms with E-state index in [0.717, 1.165) is 74.1 Å². The first-order valence-corrected chi connectivity index (χ1v) is 12.6. The second-order valence-corrected chi connectivity index (χ2v) is 9.65. The number of hydrogen-bond acceptors (Lipinski definition) is 6. The molecule has 0 radical (unpaired) electrons. The first-order valence-electron chi connectivity index (χ1n) is 11.4. The Bertz CT molecular complexity index is 843. The van der Waals surface area contributed by atoms with E-state index < -0.39 is 0 Å². The summed E-state index contributed by atoms with van der Waals surface area (Å²) in [5, 5.41) is 3.21. The van der Waals surface area contributed by atoms with E-state index in [0.29, 0.717) is 0 Å². The van der Waals surface area contributed by atoms with Gasteiger partial charge in [0.15, 0.2) is 0 Å². The van der Waals surface area contributed by atoms with Gasteiger partial charge in [0, 0.05) is 43.6 Å². The fraction of sp³-hybridized carbons (Fsp3) is 0.542. The Balaban J connectivity index is 1.27. The fourth-order valence-electron chi connectivity index (χ4n) is 4.26. The molecule has 0 saturated carbocycles. The molecule has 0 bridgehead atoms. The van der Waals surface area contributed by atoms with E-state index in [1.165, 1.54) is 5.56 Å². The van der Waals surface area contributed by atoms with Crippen LogP contribution in [-0.2, 0) is 11.2 Å². The predicted molar refractivity (Wildman–Crippen MR) is 129 cm³/mol. The molecule has 1 aromatic heterocycles. The Morgan fingerprint density at radius 3 is 2.32 bits per heavy atom. The molecule has 0 aliphatic carbocycles. The van der Waals surface area contributed by atoms with E-state index in [1.807, 2.05) is 24.2 Å². The minimum absolute atomic E-state index is 0.0329. The van der Waals surface area contributed by atoms with Crippen molar-refractivity contribution in [3.05, 3.63) is 47.8 Å². The van der Waals surface area contributed by atoms with E-state index in [1.54, 1.807) is 0 Å². The summed E-state index contributed by atoms with van der Waals surface area (Å²) in [4.78, 5) is 26.6. The molecule has 1 unspecified atom stereocenters. The third-order valence-corrected chi connectivity index (χ3v) is 7.34. The van der Waals surface area contributed by atoms with Gasteiger partial charge in [-0.15, -0.1) is 0 Å². The molecule has 6 nitrogen and oxygen atoms in total. The van der Waals surface area contributed by atoms with Crippen molar-refractivity contribution >= 4 is 29.3 Å². The van der Waals surface area contributed by atoms with Crippen LogP contribution in [0.5, 0.6) is 0 Å². The molecular formula is C24H33N5OS. The van der Waals surface area contributed by atoms with Gasteiger partial charge in [0.2, 0.25) is 11.9 Å². The molecule has 1 amide bonds. The molecule has 166 valence electrons. The summed E-state index contributed by atoms with van der Waals surface area (Å²) in [5.41, 5.74) is 3.53. The van der Waals surface area contributed by atoms with Crippen LogP contribution in [0.2, 0.25) is 0 Å². The number of aromatic nitrogens is 2. The van der Waals surface area contributed by atoms with Gasteiger partial charge in [-0.2, -0.15) is 11.8 Å². The molecule has 31 heavy (non-hydrogen) atoms. The standard InChI is InChI=1S/C24H33N5OS/c1-3-19-4-6-20(7-5-19)18(2)27-23(30)21-8-10-28(11-9-21)22-16-25-24(26-17-22)29-12-14-31-15-13-29/h4-7,16-18,21H,3,8-15H2,1-2H3,(H,27,30). The molecule has 0 spiro atoms. The van der Waals surface area contributed by atoms with Crippen molar-refractivity contribution in [3.63, 3.8) is 0 Å². The first-order chi connectivity index (χ1) is 15.1. The summed E-state index contributed by atoms with van der Waals surface area (Å²) < 4.78 is 0. The molecule has 1 atom stereocenters. The Labute approximate surface area is 189 Å². The molecule has 2 fully saturated rings. The summed E-state index contributed by atoms with van der Waals surface area (Å²) in [6.07, 6.45) is 6.63. The lowest BCUT2D eigenvalue weighted by atomic mass is 9.95. The zero-order chi connectivity index (χ0) is 21.6. The molecule has 1 N–H and O–H groups in total. The van der Waals surface area contributed by atoms with Gasteiger partial charge in [-0.1, -0.05) is 31.2 Å². The molecule has 2 aromatic rings. The Morgan fingerprint density at radius 2 is 1.71 bits per heavy atom. The second-order valence-electron chi connectivity index (χ2n) is 8.43. The zero-order valence-electron chi connectivity index (χ0n) is 18.6. The van der Waals surface area contributed by atoms with Crippen LogP contribution in [0.25, 0.3) is 0 Å². The van der Waals surface area contributed by atoms with Crippen LogP contribution in [0, 0.1) is 5.92 Å². The van der Waals surface area contributed by atoms with E-state index in [2.05, 4.69) is 63.2 Å². The third kappa shape index (κ3) is 5.50. The number of nitrogens with zero attached hydrogens (tertiary/aromatic N) is 4. The summed E-state index contributed by atoms with van der Waals surface area (Å²) in [6.45, 7) is 7.98. The average Bonchev–Trinajstić information content (AvgIpc) is 2.85. The fourth-order valence-corrected chi connectivity index (χ4v) is 5.16. The highest BCUT2D eigenvalue weighted by Gasteiger charge is 2.26. The summed E-state index contributed by atoms with van der Waals surface area (Å²) in [7, 11) is 0. The van der Waals surface area contributed by atoms with Crippen LogP contribution >= 0.6 is 11.8 Å². The largest absolute Gasteiger partial charge is 0.369 e. The predicted octanol–water partition coefficient (Wildman–Crippen LogP) is 3.69. The molecule has 2 aliphatic heterocycles. The minimum Gasteiger partial charge on any atom is -0.369 e. The second kappa shape index (κ2) is 10.4. The van der Waals surface area contributed by atoms with Crippen molar-refractivity contribution in [2.75, 3.05) is 47.5 Å². The normalized spacial score (nSPS) is 18.6. The van der Waals surface area contributed by atoms with E-state index in [4.69, 9.17) is 0 Å². The van der Waals surface area contributed by atoms with E-state index >= 15 is 0 Å². The van der Waals surface area contributed by atoms with Crippen molar-refractivity contribution in [1.29, 1.82) is 0 Å². The van der Waals surface area contributed by atoms with Gasteiger partial charge < -0.3 is 15.1 Å². The molecule has 2 saturated heterocycles. The van der Waals surface area contributed by atoms with Crippen molar-refractivity contribution < 1.29 is 4.79 Å². The van der Waals surface area contributed by atoms with Crippen molar-refractivity contribution in [3.8, 4) is 0 Å². The van der Waals surface area contributed by atoms with Gasteiger partial charge in [-0.3, -0.25) is 4.79 Å². The summed E-state index contributed by atoms with van der Waals surface area (Å²) in [6, 6.07) is 8.57. The topological polar surface area (TPSA) is 61.4 Å². The number of benzene rings is 1. The van der Waals surface area contributed by atoms with Gasteiger partial charge >= 0.3 is 0 Å². The lowest BCUT2D eigenvalue weighted by molar-refractivity contribution is -0.126. The number of carbonyl (C=O) groups is 1. The van der Waals surface area contributed by atoms with Crippen molar-refractivity contribution in [1.82, 2.24) is 15.3 Å². The summed E-state index contributed by atoms with van der Waals surface area (Å²) in [5.74, 6) is 3.35. The highest BCUT2D eigenvalue weighted by atomic mass is 32.2. The van der Waals surface area contributed by atoms with Gasteiger partial charge in [-0.25, -0.2) is 9.97 Å². The monoisotopic (exact) mass is 439 g/mol. The number of thioether (sulfide) groups is 1. The number of anilines is 2. The number of piperidine rings is 1. The lowest BCUT2D eigenvalue weighted by Gasteiger charge is -2.33. The molecule has 7 heteroatoms. The van der Waals surface area contributed by atoms with Crippen LogP contribution < -0.4 is 15.1 Å². The smallest absolute Gasteiger partial charge is 0.225 e. The van der Waals surface area contributed by atoms with Gasteiger partial charge in [0.05, 0.1) is 24.1 Å². The molecule has 3 heterocycles. The minimum atomic E-state index is 0.0329. The van der Waals surface area contributed by atoms with Gasteiger partial charge in [0.1, 0.15) is 0 Å². The van der Waals surface area contributed by atoms with Crippen LogP contribution in [0.4, 0.5) is 11.6 Å². The Kier molecular flexibility index (Phi) is 7.33. The number of rotatable bonds is 6. The third-order valence-electron chi connectivity index (χ3n) is 6.40. The molecular weight excluding hydrogens is 406 g/mol. The van der Waals surface area contributed by atoms with Gasteiger partial charge in [-0.05, 0) is 37.3 Å². The quantitative estimate of drug-likeness (QED) is 0.741. The lowest BCUT2D eigenvalue weighted by Crippen LogP contribution is -2.41. The van der Waals surface area contributed by atoms with Crippen molar-refractivity contribution in [2.45, 2.75) is 39.2 Å². The van der Waals surface area contributed by atoms with Crippen LogP contribution in [0.3, 0.4) is 0 Å². The number of aryl methyl sites for hydroxylation is 1.